The topological polar surface area (TPSA) is 0 Å². The summed E-state index contributed by atoms with van der Waals surface area (Å²) in [5, 5.41) is 2.79. The molecule has 0 heterocycles. The van der Waals surface area contributed by atoms with Crippen molar-refractivity contribution in [2.45, 2.75) is 13.8 Å². The van der Waals surface area contributed by atoms with E-state index in [0.717, 1.165) is 0 Å². The van der Waals surface area contributed by atoms with Crippen molar-refractivity contribution < 1.29 is 0 Å². The second kappa shape index (κ2) is 2.48. The van der Waals surface area contributed by atoms with Gasteiger partial charge in [0.25, 0.3) is 0 Å². The van der Waals surface area contributed by atoms with Gasteiger partial charge >= 0.3 is 0 Å². The van der Waals surface area contributed by atoms with Gasteiger partial charge < -0.3 is 0 Å². The average molecular weight is 180 g/mol. The summed E-state index contributed by atoms with van der Waals surface area (Å²) in [4.78, 5) is 0. The summed E-state index contributed by atoms with van der Waals surface area (Å²) in [6, 6.07) is 11.1. The summed E-state index contributed by atoms with van der Waals surface area (Å²) >= 11 is 0. The Labute approximate surface area is 83.9 Å². The molecule has 0 aliphatic heterocycles. The van der Waals surface area contributed by atoms with Crippen molar-refractivity contribution in [3.8, 4) is 0 Å². The average Bonchev–Trinajstić information content (AvgIpc) is 2.45. The van der Waals surface area contributed by atoms with Gasteiger partial charge in [0.05, 0.1) is 0 Å². The maximum Gasteiger partial charge on any atom is -0.00359 e. The highest BCUT2D eigenvalue weighted by Gasteiger charge is 2.12. The van der Waals surface area contributed by atoms with E-state index in [2.05, 4.69) is 50.3 Å². The Morgan fingerprint density at radius 1 is 1.00 bits per heavy atom. The van der Waals surface area contributed by atoms with Gasteiger partial charge in [-0.3, -0.25) is 0 Å². The number of aryl methyl sites for hydroxylation is 1. The Morgan fingerprint density at radius 3 is 2.71 bits per heavy atom. The van der Waals surface area contributed by atoms with Crippen LogP contribution in [0.15, 0.2) is 30.3 Å². The van der Waals surface area contributed by atoms with Crippen molar-refractivity contribution in [2.75, 3.05) is 0 Å². The van der Waals surface area contributed by atoms with E-state index in [9.17, 15) is 0 Å². The van der Waals surface area contributed by atoms with Gasteiger partial charge in [0.15, 0.2) is 0 Å². The monoisotopic (exact) mass is 180 g/mol. The van der Waals surface area contributed by atoms with Gasteiger partial charge in [-0.15, -0.1) is 0 Å². The zero-order valence-electron chi connectivity index (χ0n) is 8.46. The van der Waals surface area contributed by atoms with E-state index in [0.29, 0.717) is 0 Å². The van der Waals surface area contributed by atoms with Crippen LogP contribution in [0.5, 0.6) is 0 Å². The van der Waals surface area contributed by atoms with Gasteiger partial charge in [0.2, 0.25) is 0 Å². The number of rotatable bonds is 0. The van der Waals surface area contributed by atoms with Crippen molar-refractivity contribution in [3.63, 3.8) is 0 Å². The van der Waals surface area contributed by atoms with Crippen LogP contribution in [0, 0.1) is 6.92 Å². The van der Waals surface area contributed by atoms with E-state index in [1.165, 1.54) is 33.0 Å². The lowest BCUT2D eigenvalue weighted by Crippen LogP contribution is -1.81. The normalized spacial score (nSPS) is 13.4. The number of hydrogen-bond donors (Lipinski definition) is 0. The molecule has 1 aliphatic rings. The van der Waals surface area contributed by atoms with Crippen LogP contribution in [0.3, 0.4) is 0 Å². The quantitative estimate of drug-likeness (QED) is 0.574. The minimum atomic E-state index is 1.34. The fourth-order valence-corrected chi connectivity index (χ4v) is 2.37. The summed E-state index contributed by atoms with van der Waals surface area (Å²) in [6.07, 6.45) is 2.28. The van der Waals surface area contributed by atoms with E-state index in [1.807, 2.05) is 0 Å². The molecule has 0 heteroatoms. The van der Waals surface area contributed by atoms with Gasteiger partial charge in [-0.05, 0) is 46.9 Å². The molecule has 0 unspecified atom stereocenters. The van der Waals surface area contributed by atoms with Crippen LogP contribution in [0.2, 0.25) is 0 Å². The Bertz CT molecular complexity index is 560. The summed E-state index contributed by atoms with van der Waals surface area (Å²) < 4.78 is 0. The first kappa shape index (κ1) is 7.81. The highest BCUT2D eigenvalue weighted by molar-refractivity contribution is 6.08. The molecule has 1 aliphatic carbocycles. The summed E-state index contributed by atoms with van der Waals surface area (Å²) in [6.45, 7) is 4.34. The molecule has 2 aromatic rings. The Kier molecular flexibility index (Phi) is 1.38. The molecule has 2 aromatic carbocycles. The Morgan fingerprint density at radius 2 is 1.86 bits per heavy atom. The van der Waals surface area contributed by atoms with Gasteiger partial charge in [0, 0.05) is 0 Å². The lowest BCUT2D eigenvalue weighted by molar-refractivity contribution is 1.50. The van der Waals surface area contributed by atoms with Crippen LogP contribution >= 0.6 is 0 Å². The smallest absolute Gasteiger partial charge is 0.00359 e. The summed E-state index contributed by atoms with van der Waals surface area (Å²) in [5.74, 6) is 0. The largest absolute Gasteiger partial charge is 0.0610 e. The predicted octanol–water partition coefficient (Wildman–Crippen LogP) is 4.02. The molecular weight excluding hydrogens is 168 g/mol. The van der Waals surface area contributed by atoms with Gasteiger partial charge in [0.1, 0.15) is 0 Å². The van der Waals surface area contributed by atoms with E-state index >= 15 is 0 Å². The molecule has 0 amide bonds. The maximum atomic E-state index is 2.28. The fraction of sp³-hybridized carbons (Fsp3) is 0.143. The van der Waals surface area contributed by atoms with E-state index in [1.54, 1.807) is 0 Å². The van der Waals surface area contributed by atoms with Crippen LogP contribution in [0.25, 0.3) is 22.4 Å². The fourth-order valence-electron chi connectivity index (χ4n) is 2.37. The number of benzene rings is 2. The van der Waals surface area contributed by atoms with Crippen LogP contribution in [0.4, 0.5) is 0 Å². The molecule has 0 nitrogen and oxygen atoms in total. The second-order valence-corrected chi connectivity index (χ2v) is 4.09. The zero-order valence-corrected chi connectivity index (χ0v) is 8.46. The van der Waals surface area contributed by atoms with Crippen LogP contribution in [0.1, 0.15) is 23.6 Å². The lowest BCUT2D eigenvalue weighted by Gasteiger charge is -2.03. The first-order valence-corrected chi connectivity index (χ1v) is 4.98. The zero-order chi connectivity index (χ0) is 9.71. The van der Waals surface area contributed by atoms with Crippen molar-refractivity contribution in [1.82, 2.24) is 0 Å². The third-order valence-corrected chi connectivity index (χ3v) is 2.95. The Balaban J connectivity index is 2.56. The molecule has 0 N–H and O–H groups in total. The van der Waals surface area contributed by atoms with E-state index < -0.39 is 0 Å². The highest BCUT2D eigenvalue weighted by Crippen LogP contribution is 2.36. The molecule has 14 heavy (non-hydrogen) atoms. The molecule has 0 saturated heterocycles. The molecule has 0 radical (unpaired) electrons. The van der Waals surface area contributed by atoms with Gasteiger partial charge in [-0.25, -0.2) is 0 Å². The van der Waals surface area contributed by atoms with E-state index in [4.69, 9.17) is 0 Å². The molecule has 0 atom stereocenters. The summed E-state index contributed by atoms with van der Waals surface area (Å²) in [5.41, 5.74) is 5.51. The predicted molar refractivity (Wildman–Crippen MR) is 62.2 cm³/mol. The standard InChI is InChI=1S/C14H12/c1-9-6-11-4-3-5-13-10(2)8-12(7-9)14(11)13/h3-8H,1-2H3. The molecule has 0 bridgehead atoms. The Hall–Kier alpha value is -1.56. The van der Waals surface area contributed by atoms with Crippen molar-refractivity contribution in [1.29, 1.82) is 0 Å². The molecule has 0 spiro atoms. The molecule has 0 saturated carbocycles. The third kappa shape index (κ3) is 0.884. The maximum absolute atomic E-state index is 2.28. The SMILES string of the molecule is CC1=Cc2cc(C)cc3cccc1c23. The minimum Gasteiger partial charge on any atom is -0.0610 e. The van der Waals surface area contributed by atoms with Crippen LogP contribution < -0.4 is 0 Å². The third-order valence-electron chi connectivity index (χ3n) is 2.95. The van der Waals surface area contributed by atoms with Crippen molar-refractivity contribution in [2.24, 2.45) is 0 Å². The van der Waals surface area contributed by atoms with Gasteiger partial charge in [-0.2, -0.15) is 0 Å². The van der Waals surface area contributed by atoms with Crippen molar-refractivity contribution >= 4 is 22.4 Å². The van der Waals surface area contributed by atoms with Crippen LogP contribution in [-0.4, -0.2) is 0 Å². The van der Waals surface area contributed by atoms with E-state index in [-0.39, 0.29) is 0 Å². The first-order valence-electron chi connectivity index (χ1n) is 4.98. The second-order valence-electron chi connectivity index (χ2n) is 4.09. The molecule has 3 rings (SSSR count). The lowest BCUT2D eigenvalue weighted by atomic mass is 10.0. The summed E-state index contributed by atoms with van der Waals surface area (Å²) in [7, 11) is 0. The molecule has 0 aromatic heterocycles. The number of hydrogen-bond acceptors (Lipinski definition) is 0. The molecule has 68 valence electrons. The highest BCUT2D eigenvalue weighted by atomic mass is 14.2. The first-order chi connectivity index (χ1) is 6.75. The number of allylic oxidation sites excluding steroid dienone is 1. The van der Waals surface area contributed by atoms with Crippen molar-refractivity contribution in [3.05, 3.63) is 47.0 Å². The van der Waals surface area contributed by atoms with Crippen LogP contribution in [-0.2, 0) is 0 Å². The minimum absolute atomic E-state index is 1.34. The molecular formula is C14H12. The van der Waals surface area contributed by atoms with Gasteiger partial charge in [-0.1, -0.05) is 36.4 Å². The molecule has 0 fully saturated rings.